The summed E-state index contributed by atoms with van der Waals surface area (Å²) in [6, 6.07) is 15.9. The highest BCUT2D eigenvalue weighted by Gasteiger charge is 2.15. The van der Waals surface area contributed by atoms with Crippen LogP contribution in [-0.2, 0) is 17.6 Å². The first-order valence-corrected chi connectivity index (χ1v) is 10.2. The summed E-state index contributed by atoms with van der Waals surface area (Å²) in [6.45, 7) is 0.734. The van der Waals surface area contributed by atoms with Gasteiger partial charge in [0.15, 0.2) is 5.13 Å². The van der Waals surface area contributed by atoms with Crippen LogP contribution in [0.1, 0.15) is 11.1 Å². The zero-order valence-corrected chi connectivity index (χ0v) is 16.4. The van der Waals surface area contributed by atoms with E-state index in [0.717, 1.165) is 41.3 Å². The van der Waals surface area contributed by atoms with E-state index < -0.39 is 0 Å². The molecule has 7 heteroatoms. The molecule has 1 N–H and O–H groups in total. The lowest BCUT2D eigenvalue weighted by molar-refractivity contribution is -0.115. The highest BCUT2D eigenvalue weighted by Crippen LogP contribution is 2.31. The number of hydrogen-bond acceptors (Lipinski definition) is 5. The lowest BCUT2D eigenvalue weighted by atomic mass is 10.1. The van der Waals surface area contributed by atoms with Crippen molar-refractivity contribution in [1.29, 1.82) is 0 Å². The molecule has 0 spiro atoms. The van der Waals surface area contributed by atoms with Crippen LogP contribution in [0.25, 0.3) is 16.9 Å². The minimum atomic E-state index is -0.110. The zero-order chi connectivity index (χ0) is 19.6. The monoisotopic (exact) mass is 402 g/mol. The summed E-state index contributed by atoms with van der Waals surface area (Å²) in [5, 5.41) is 9.77. The molecule has 1 amide bonds. The summed E-state index contributed by atoms with van der Waals surface area (Å²) < 4.78 is 7.32. The molecule has 0 atom stereocenters. The number of benzene rings is 2. The molecule has 29 heavy (non-hydrogen) atoms. The number of carbonyl (C=O) groups excluding carboxylic acids is 1. The van der Waals surface area contributed by atoms with E-state index in [1.807, 2.05) is 54.0 Å². The van der Waals surface area contributed by atoms with Crippen LogP contribution in [0.5, 0.6) is 5.75 Å². The Morgan fingerprint density at radius 1 is 1.21 bits per heavy atom. The summed E-state index contributed by atoms with van der Waals surface area (Å²) >= 11 is 1.42. The first-order valence-electron chi connectivity index (χ1n) is 9.35. The number of nitrogens with one attached hydrogen (secondary N) is 1. The average molecular weight is 402 g/mol. The zero-order valence-electron chi connectivity index (χ0n) is 15.5. The third-order valence-electron chi connectivity index (χ3n) is 4.76. The smallest absolute Gasteiger partial charge is 0.230 e. The lowest BCUT2D eigenvalue weighted by Gasteiger charge is -2.02. The Labute approximate surface area is 171 Å². The van der Waals surface area contributed by atoms with Crippen LogP contribution in [0.3, 0.4) is 0 Å². The van der Waals surface area contributed by atoms with Crippen molar-refractivity contribution in [3.8, 4) is 22.7 Å². The van der Waals surface area contributed by atoms with Crippen LogP contribution in [0.2, 0.25) is 0 Å². The topological polar surface area (TPSA) is 69.0 Å². The maximum absolute atomic E-state index is 12.4. The highest BCUT2D eigenvalue weighted by molar-refractivity contribution is 7.14. The number of carbonyl (C=O) groups is 1. The maximum Gasteiger partial charge on any atom is 0.230 e. The minimum absolute atomic E-state index is 0.110. The Kier molecular flexibility index (Phi) is 4.57. The minimum Gasteiger partial charge on any atom is -0.493 e. The molecule has 0 radical (unpaired) electrons. The van der Waals surface area contributed by atoms with Gasteiger partial charge in [0.25, 0.3) is 0 Å². The number of ether oxygens (including phenoxy) is 1. The number of fused-ring (bicyclic) bond motifs is 1. The fourth-order valence-corrected chi connectivity index (χ4v) is 4.07. The van der Waals surface area contributed by atoms with Crippen molar-refractivity contribution in [1.82, 2.24) is 14.8 Å². The summed E-state index contributed by atoms with van der Waals surface area (Å²) in [4.78, 5) is 17.0. The standard InChI is InChI=1S/C22H18N4O2S/c27-21(10-15-12-23-26(13-15)18-4-2-1-3-5-18)25-22-24-19(14-29-22)16-6-7-20-17(11-16)8-9-28-20/h1-7,11-14H,8-10H2,(H,24,25,27). The predicted octanol–water partition coefficient (Wildman–Crippen LogP) is 4.11. The van der Waals surface area contributed by atoms with Crippen molar-refractivity contribution in [2.24, 2.45) is 0 Å². The average Bonchev–Trinajstić information content (AvgIpc) is 3.49. The molecule has 0 saturated heterocycles. The van der Waals surface area contributed by atoms with E-state index in [0.29, 0.717) is 5.13 Å². The molecular formula is C22H18N4O2S. The van der Waals surface area contributed by atoms with Gasteiger partial charge in [-0.3, -0.25) is 4.79 Å². The molecule has 1 aliphatic heterocycles. The lowest BCUT2D eigenvalue weighted by Crippen LogP contribution is -2.13. The molecule has 4 aromatic rings. The van der Waals surface area contributed by atoms with Crippen molar-refractivity contribution in [2.75, 3.05) is 11.9 Å². The molecule has 0 unspecified atom stereocenters. The summed E-state index contributed by atoms with van der Waals surface area (Å²) in [6.07, 6.45) is 4.76. The van der Waals surface area contributed by atoms with Crippen LogP contribution in [0.4, 0.5) is 5.13 Å². The number of nitrogens with zero attached hydrogens (tertiary/aromatic N) is 3. The van der Waals surface area contributed by atoms with E-state index in [2.05, 4.69) is 21.5 Å². The molecule has 2 aromatic heterocycles. The molecule has 1 aliphatic rings. The number of para-hydroxylation sites is 1. The van der Waals surface area contributed by atoms with Crippen LogP contribution in [-0.4, -0.2) is 27.3 Å². The van der Waals surface area contributed by atoms with Gasteiger partial charge in [-0.15, -0.1) is 11.3 Å². The van der Waals surface area contributed by atoms with Crippen LogP contribution < -0.4 is 10.1 Å². The van der Waals surface area contributed by atoms with E-state index in [1.54, 1.807) is 10.9 Å². The van der Waals surface area contributed by atoms with E-state index >= 15 is 0 Å². The van der Waals surface area contributed by atoms with Gasteiger partial charge in [0.2, 0.25) is 5.91 Å². The Morgan fingerprint density at radius 2 is 2.10 bits per heavy atom. The van der Waals surface area contributed by atoms with Crippen molar-refractivity contribution in [3.05, 3.63) is 77.4 Å². The molecule has 5 rings (SSSR count). The van der Waals surface area contributed by atoms with Crippen LogP contribution in [0, 0.1) is 0 Å². The Morgan fingerprint density at radius 3 is 3.00 bits per heavy atom. The first kappa shape index (κ1) is 17.6. The van der Waals surface area contributed by atoms with Gasteiger partial charge in [-0.1, -0.05) is 18.2 Å². The fourth-order valence-electron chi connectivity index (χ4n) is 3.33. The third kappa shape index (κ3) is 3.77. The van der Waals surface area contributed by atoms with E-state index in [1.165, 1.54) is 16.9 Å². The summed E-state index contributed by atoms with van der Waals surface area (Å²) in [5.74, 6) is 0.842. The van der Waals surface area contributed by atoms with Gasteiger partial charge in [0.1, 0.15) is 5.75 Å². The highest BCUT2D eigenvalue weighted by atomic mass is 32.1. The van der Waals surface area contributed by atoms with Crippen molar-refractivity contribution in [2.45, 2.75) is 12.8 Å². The van der Waals surface area contributed by atoms with E-state index in [4.69, 9.17) is 4.74 Å². The SMILES string of the molecule is O=C(Cc1cnn(-c2ccccc2)c1)Nc1nc(-c2ccc3c(c2)CCO3)cs1. The van der Waals surface area contributed by atoms with Crippen molar-refractivity contribution < 1.29 is 9.53 Å². The second kappa shape index (κ2) is 7.52. The molecular weight excluding hydrogens is 384 g/mol. The number of rotatable bonds is 5. The molecule has 0 bridgehead atoms. The molecule has 0 saturated carbocycles. The second-order valence-electron chi connectivity index (χ2n) is 6.81. The Balaban J connectivity index is 1.24. The summed E-state index contributed by atoms with van der Waals surface area (Å²) in [5.41, 5.74) is 4.91. The second-order valence-corrected chi connectivity index (χ2v) is 7.67. The van der Waals surface area contributed by atoms with Gasteiger partial charge in [0, 0.05) is 23.6 Å². The van der Waals surface area contributed by atoms with Crippen LogP contribution in [0.15, 0.2) is 66.3 Å². The number of aromatic nitrogens is 3. The van der Waals surface area contributed by atoms with Crippen molar-refractivity contribution in [3.63, 3.8) is 0 Å². The van der Waals surface area contributed by atoms with Gasteiger partial charge >= 0.3 is 0 Å². The summed E-state index contributed by atoms with van der Waals surface area (Å²) in [7, 11) is 0. The molecule has 2 aromatic carbocycles. The van der Waals surface area contributed by atoms with Gasteiger partial charge in [-0.2, -0.15) is 5.10 Å². The van der Waals surface area contributed by atoms with Crippen LogP contribution >= 0.6 is 11.3 Å². The van der Waals surface area contributed by atoms with Gasteiger partial charge in [-0.05, 0) is 41.5 Å². The van der Waals surface area contributed by atoms with Gasteiger partial charge < -0.3 is 10.1 Å². The maximum atomic E-state index is 12.4. The van der Waals surface area contributed by atoms with Crippen molar-refractivity contribution >= 4 is 22.4 Å². The number of anilines is 1. The molecule has 6 nitrogen and oxygen atoms in total. The molecule has 0 fully saturated rings. The first-order chi connectivity index (χ1) is 14.2. The number of thiazole rings is 1. The number of hydrogen-bond donors (Lipinski definition) is 1. The normalized spacial score (nSPS) is 12.4. The van der Waals surface area contributed by atoms with E-state index in [-0.39, 0.29) is 12.3 Å². The third-order valence-corrected chi connectivity index (χ3v) is 5.51. The molecule has 3 heterocycles. The quantitative estimate of drug-likeness (QED) is 0.545. The predicted molar refractivity (Wildman–Crippen MR) is 113 cm³/mol. The largest absolute Gasteiger partial charge is 0.493 e. The Hall–Kier alpha value is -3.45. The van der Waals surface area contributed by atoms with Gasteiger partial charge in [0.05, 0.1) is 30.6 Å². The van der Waals surface area contributed by atoms with Gasteiger partial charge in [-0.25, -0.2) is 9.67 Å². The van der Waals surface area contributed by atoms with E-state index in [9.17, 15) is 4.79 Å². The molecule has 144 valence electrons. The molecule has 0 aliphatic carbocycles. The number of amides is 1. The Bertz CT molecular complexity index is 1170. The fraction of sp³-hybridized carbons (Fsp3) is 0.136.